The Kier molecular flexibility index (Phi) is 2.92. The summed E-state index contributed by atoms with van der Waals surface area (Å²) >= 11 is 1.44. The fraction of sp³-hybridized carbons (Fsp3) is 0.818. The molecule has 0 amide bonds. The fourth-order valence-electron chi connectivity index (χ4n) is 2.88. The smallest absolute Gasteiger partial charge is 0.329 e. The summed E-state index contributed by atoms with van der Waals surface area (Å²) in [6, 6.07) is 0.497. The van der Waals surface area contributed by atoms with Crippen molar-refractivity contribution in [3.63, 3.8) is 0 Å². The van der Waals surface area contributed by atoms with Gasteiger partial charge in [0.1, 0.15) is 0 Å². The summed E-state index contributed by atoms with van der Waals surface area (Å²) < 4.78 is 9.21. The largest absolute Gasteiger partial charge is 0.466 e. The van der Waals surface area contributed by atoms with E-state index in [0.29, 0.717) is 11.4 Å². The lowest BCUT2D eigenvalue weighted by atomic mass is 9.78. The highest BCUT2D eigenvalue weighted by Gasteiger charge is 2.39. The predicted octanol–water partition coefficient (Wildman–Crippen LogP) is 1.13. The first-order valence-electron chi connectivity index (χ1n) is 6.15. The number of rotatable bonds is 2. The van der Waals surface area contributed by atoms with Gasteiger partial charge in [0, 0.05) is 24.6 Å². The maximum Gasteiger partial charge on any atom is 0.329 e. The molecular formula is C11H18N4OS. The number of methoxy groups -OCH3 is 1. The Balaban J connectivity index is 1.70. The quantitative estimate of drug-likeness (QED) is 0.857. The lowest BCUT2D eigenvalue weighted by molar-refractivity contribution is 0.232. The molecule has 0 aliphatic carbocycles. The lowest BCUT2D eigenvalue weighted by Gasteiger charge is -2.33. The van der Waals surface area contributed by atoms with Crippen molar-refractivity contribution >= 4 is 16.7 Å². The van der Waals surface area contributed by atoms with Gasteiger partial charge in [-0.3, -0.25) is 0 Å². The molecule has 0 saturated carbocycles. The van der Waals surface area contributed by atoms with Crippen molar-refractivity contribution in [1.82, 2.24) is 14.7 Å². The lowest BCUT2D eigenvalue weighted by Crippen LogP contribution is -2.38. The third-order valence-corrected chi connectivity index (χ3v) is 4.71. The zero-order valence-corrected chi connectivity index (χ0v) is 10.9. The molecule has 6 heteroatoms. The standard InChI is InChI=1S/C11H18N4OS/c1-16-9-13-10(17-14-9)15-7-4-11(8-15)2-5-12-6-3-11/h12H,2-8H2,1H3. The summed E-state index contributed by atoms with van der Waals surface area (Å²) in [6.07, 6.45) is 3.87. The molecule has 1 spiro atoms. The van der Waals surface area contributed by atoms with Crippen molar-refractivity contribution in [2.24, 2.45) is 5.41 Å². The van der Waals surface area contributed by atoms with Gasteiger partial charge in [0.2, 0.25) is 5.13 Å². The average molecular weight is 254 g/mol. The molecule has 94 valence electrons. The first kappa shape index (κ1) is 11.2. The summed E-state index contributed by atoms with van der Waals surface area (Å²) in [5.74, 6) is 0. The molecule has 0 radical (unpaired) electrons. The normalized spacial score (nSPS) is 23.2. The highest BCUT2D eigenvalue weighted by molar-refractivity contribution is 7.09. The number of aromatic nitrogens is 2. The van der Waals surface area contributed by atoms with Crippen LogP contribution in [0.3, 0.4) is 0 Å². The van der Waals surface area contributed by atoms with Crippen molar-refractivity contribution in [3.8, 4) is 6.01 Å². The second-order valence-electron chi connectivity index (χ2n) is 4.99. The van der Waals surface area contributed by atoms with Gasteiger partial charge in [-0.2, -0.15) is 4.98 Å². The highest BCUT2D eigenvalue weighted by atomic mass is 32.1. The SMILES string of the molecule is COc1nsc(N2CCC3(CCNCC3)C2)n1. The predicted molar refractivity (Wildman–Crippen MR) is 67.8 cm³/mol. The van der Waals surface area contributed by atoms with Gasteiger partial charge in [-0.25, -0.2) is 0 Å². The maximum absolute atomic E-state index is 5.04. The van der Waals surface area contributed by atoms with E-state index in [2.05, 4.69) is 19.6 Å². The summed E-state index contributed by atoms with van der Waals surface area (Å²) in [4.78, 5) is 6.75. The van der Waals surface area contributed by atoms with E-state index in [-0.39, 0.29) is 0 Å². The molecule has 2 aliphatic heterocycles. The minimum atomic E-state index is 0.497. The van der Waals surface area contributed by atoms with Gasteiger partial charge >= 0.3 is 6.01 Å². The number of piperidine rings is 1. The van der Waals surface area contributed by atoms with Crippen molar-refractivity contribution in [3.05, 3.63) is 0 Å². The van der Waals surface area contributed by atoms with Gasteiger partial charge < -0.3 is 15.0 Å². The zero-order chi connectivity index (χ0) is 11.7. The van der Waals surface area contributed by atoms with Crippen LogP contribution in [0.2, 0.25) is 0 Å². The number of nitrogens with zero attached hydrogens (tertiary/aromatic N) is 3. The first-order valence-corrected chi connectivity index (χ1v) is 6.92. The van der Waals surface area contributed by atoms with Crippen LogP contribution in [0.4, 0.5) is 5.13 Å². The molecule has 3 rings (SSSR count). The number of hydrogen-bond acceptors (Lipinski definition) is 6. The molecule has 17 heavy (non-hydrogen) atoms. The van der Waals surface area contributed by atoms with E-state index >= 15 is 0 Å². The van der Waals surface area contributed by atoms with Crippen LogP contribution in [0.15, 0.2) is 0 Å². The Hall–Kier alpha value is -0.880. The Morgan fingerprint density at radius 3 is 2.88 bits per heavy atom. The first-order chi connectivity index (χ1) is 8.31. The van der Waals surface area contributed by atoms with Crippen LogP contribution in [0, 0.1) is 5.41 Å². The molecule has 0 unspecified atom stereocenters. The molecular weight excluding hydrogens is 236 g/mol. The highest BCUT2D eigenvalue weighted by Crippen LogP contribution is 2.40. The van der Waals surface area contributed by atoms with E-state index in [1.165, 1.54) is 30.8 Å². The van der Waals surface area contributed by atoms with Crippen LogP contribution in [-0.2, 0) is 0 Å². The molecule has 2 fully saturated rings. The molecule has 0 bridgehead atoms. The molecule has 2 saturated heterocycles. The van der Waals surface area contributed by atoms with Crippen molar-refractivity contribution in [2.75, 3.05) is 38.2 Å². The van der Waals surface area contributed by atoms with Gasteiger partial charge in [0.05, 0.1) is 7.11 Å². The second-order valence-corrected chi connectivity index (χ2v) is 5.72. The summed E-state index contributed by atoms with van der Waals surface area (Å²) in [5.41, 5.74) is 0.518. The summed E-state index contributed by atoms with van der Waals surface area (Å²) in [5, 5.41) is 4.45. The van der Waals surface area contributed by atoms with E-state index in [0.717, 1.165) is 31.3 Å². The Morgan fingerprint density at radius 2 is 2.18 bits per heavy atom. The zero-order valence-electron chi connectivity index (χ0n) is 10.1. The van der Waals surface area contributed by atoms with Gasteiger partial charge in [0.15, 0.2) is 0 Å². The third-order valence-electron chi connectivity index (χ3n) is 3.95. The van der Waals surface area contributed by atoms with Crippen molar-refractivity contribution in [2.45, 2.75) is 19.3 Å². The van der Waals surface area contributed by atoms with Gasteiger partial charge in [-0.05, 0) is 37.8 Å². The number of ether oxygens (including phenoxy) is 1. The van der Waals surface area contributed by atoms with E-state index in [1.807, 2.05) is 0 Å². The molecule has 1 N–H and O–H groups in total. The van der Waals surface area contributed by atoms with Crippen LogP contribution in [-0.4, -0.2) is 42.6 Å². The van der Waals surface area contributed by atoms with E-state index in [9.17, 15) is 0 Å². The maximum atomic E-state index is 5.04. The molecule has 1 aromatic rings. The van der Waals surface area contributed by atoms with Gasteiger partial charge in [-0.15, -0.1) is 4.37 Å². The van der Waals surface area contributed by atoms with Crippen molar-refractivity contribution in [1.29, 1.82) is 0 Å². The third kappa shape index (κ3) is 2.11. The van der Waals surface area contributed by atoms with Crippen LogP contribution in [0.1, 0.15) is 19.3 Å². The van der Waals surface area contributed by atoms with E-state index in [4.69, 9.17) is 4.74 Å². The van der Waals surface area contributed by atoms with Gasteiger partial charge in [-0.1, -0.05) is 0 Å². The minimum Gasteiger partial charge on any atom is -0.466 e. The molecule has 2 aliphatic rings. The number of anilines is 1. The average Bonchev–Trinajstić information content (AvgIpc) is 2.97. The number of hydrogen-bond donors (Lipinski definition) is 1. The van der Waals surface area contributed by atoms with Crippen LogP contribution >= 0.6 is 11.5 Å². The monoisotopic (exact) mass is 254 g/mol. The van der Waals surface area contributed by atoms with Crippen LogP contribution in [0.25, 0.3) is 0 Å². The molecule has 3 heterocycles. The summed E-state index contributed by atoms with van der Waals surface area (Å²) in [7, 11) is 1.62. The van der Waals surface area contributed by atoms with Gasteiger partial charge in [0.25, 0.3) is 0 Å². The van der Waals surface area contributed by atoms with Crippen LogP contribution < -0.4 is 15.0 Å². The Labute approximate surface area is 105 Å². The molecule has 5 nitrogen and oxygen atoms in total. The Morgan fingerprint density at radius 1 is 1.35 bits per heavy atom. The van der Waals surface area contributed by atoms with E-state index < -0.39 is 0 Å². The minimum absolute atomic E-state index is 0.497. The molecule has 1 aromatic heterocycles. The Bertz CT molecular complexity index is 389. The van der Waals surface area contributed by atoms with Crippen LogP contribution in [0.5, 0.6) is 6.01 Å². The summed E-state index contributed by atoms with van der Waals surface area (Å²) in [6.45, 7) is 4.56. The van der Waals surface area contributed by atoms with E-state index in [1.54, 1.807) is 7.11 Å². The van der Waals surface area contributed by atoms with Crippen molar-refractivity contribution < 1.29 is 4.74 Å². The topological polar surface area (TPSA) is 50.3 Å². The number of nitrogens with one attached hydrogen (secondary N) is 1. The molecule has 0 aromatic carbocycles. The fourth-order valence-corrected chi connectivity index (χ4v) is 3.54. The molecule has 0 atom stereocenters. The second kappa shape index (κ2) is 4.42.